The molecule has 0 bridgehead atoms. The van der Waals surface area contributed by atoms with Crippen molar-refractivity contribution in [1.29, 1.82) is 0 Å². The van der Waals surface area contributed by atoms with Crippen LogP contribution in [-0.2, 0) is 13.1 Å². The first-order valence-electron chi connectivity index (χ1n) is 5.71. The van der Waals surface area contributed by atoms with E-state index < -0.39 is 0 Å². The minimum atomic E-state index is 0.654. The van der Waals surface area contributed by atoms with Crippen molar-refractivity contribution in [3.8, 4) is 0 Å². The maximum Gasteiger partial charge on any atom is 0.0457 e. The van der Waals surface area contributed by atoms with Crippen LogP contribution in [-0.4, -0.2) is 0 Å². The van der Waals surface area contributed by atoms with Crippen LogP contribution in [0.1, 0.15) is 11.1 Å². The molecule has 2 N–H and O–H groups in total. The molecular weight excluding hydrogens is 267 g/mol. The van der Waals surface area contributed by atoms with Crippen molar-refractivity contribution in [2.45, 2.75) is 13.1 Å². The van der Waals surface area contributed by atoms with E-state index in [0.29, 0.717) is 10.0 Å². The van der Waals surface area contributed by atoms with Crippen LogP contribution in [0.25, 0.3) is 0 Å². The van der Waals surface area contributed by atoms with Crippen molar-refractivity contribution < 1.29 is 0 Å². The Morgan fingerprint density at radius 3 is 2.39 bits per heavy atom. The van der Waals surface area contributed by atoms with Crippen LogP contribution >= 0.6 is 23.2 Å². The van der Waals surface area contributed by atoms with Gasteiger partial charge in [-0.25, -0.2) is 0 Å². The summed E-state index contributed by atoms with van der Waals surface area (Å²) < 4.78 is 0. The number of anilines is 2. The molecule has 0 saturated heterocycles. The first-order valence-corrected chi connectivity index (χ1v) is 6.46. The molecule has 1 heterocycles. The standard InChI is InChI=1S/C14H12Cl2N2/c15-10-4-11(16)6-12(5-10)18-7-9-2-1-3-14(17)13(9)8-18/h1-6H,7-8,17H2. The molecular formula is C14H12Cl2N2. The van der Waals surface area contributed by atoms with E-state index in [-0.39, 0.29) is 0 Å². The number of halogens is 2. The molecule has 3 rings (SSSR count). The lowest BCUT2D eigenvalue weighted by molar-refractivity contribution is 0.881. The summed E-state index contributed by atoms with van der Waals surface area (Å²) in [6.45, 7) is 1.65. The summed E-state index contributed by atoms with van der Waals surface area (Å²) in [7, 11) is 0. The molecule has 92 valence electrons. The second kappa shape index (κ2) is 4.38. The highest BCUT2D eigenvalue weighted by Gasteiger charge is 2.21. The van der Waals surface area contributed by atoms with Crippen LogP contribution < -0.4 is 10.6 Å². The summed E-state index contributed by atoms with van der Waals surface area (Å²) in [5.74, 6) is 0. The van der Waals surface area contributed by atoms with Gasteiger partial charge in [-0.05, 0) is 35.4 Å². The van der Waals surface area contributed by atoms with E-state index in [4.69, 9.17) is 28.9 Å². The molecule has 18 heavy (non-hydrogen) atoms. The molecule has 2 aromatic rings. The Balaban J connectivity index is 1.96. The van der Waals surface area contributed by atoms with Crippen LogP contribution in [0.15, 0.2) is 36.4 Å². The largest absolute Gasteiger partial charge is 0.398 e. The van der Waals surface area contributed by atoms with Gasteiger partial charge in [0.2, 0.25) is 0 Å². The number of rotatable bonds is 1. The first-order chi connectivity index (χ1) is 8.63. The molecule has 0 aromatic heterocycles. The Morgan fingerprint density at radius 1 is 1.00 bits per heavy atom. The first kappa shape index (κ1) is 11.7. The van der Waals surface area contributed by atoms with Gasteiger partial charge in [0.1, 0.15) is 0 Å². The number of nitrogens with zero attached hydrogens (tertiary/aromatic N) is 1. The third-order valence-corrected chi connectivity index (χ3v) is 3.67. The zero-order chi connectivity index (χ0) is 12.7. The number of nitrogens with two attached hydrogens (primary N) is 1. The highest BCUT2D eigenvalue weighted by molar-refractivity contribution is 6.35. The van der Waals surface area contributed by atoms with E-state index >= 15 is 0 Å². The van der Waals surface area contributed by atoms with Crippen LogP contribution in [0.2, 0.25) is 10.0 Å². The molecule has 0 radical (unpaired) electrons. The summed E-state index contributed by atoms with van der Waals surface area (Å²) in [6.07, 6.45) is 0. The Morgan fingerprint density at radius 2 is 1.72 bits per heavy atom. The van der Waals surface area contributed by atoms with Crippen molar-refractivity contribution in [3.63, 3.8) is 0 Å². The van der Waals surface area contributed by atoms with Crippen LogP contribution in [0, 0.1) is 0 Å². The number of fused-ring (bicyclic) bond motifs is 1. The fourth-order valence-electron chi connectivity index (χ4n) is 2.35. The summed E-state index contributed by atoms with van der Waals surface area (Å²) >= 11 is 12.1. The lowest BCUT2D eigenvalue weighted by Gasteiger charge is -2.18. The van der Waals surface area contributed by atoms with Gasteiger partial charge in [0.25, 0.3) is 0 Å². The van der Waals surface area contributed by atoms with Gasteiger partial charge in [-0.15, -0.1) is 0 Å². The number of hydrogen-bond donors (Lipinski definition) is 1. The lowest BCUT2D eigenvalue weighted by Crippen LogP contribution is -2.14. The maximum absolute atomic E-state index is 6.04. The third kappa shape index (κ3) is 2.02. The zero-order valence-electron chi connectivity index (χ0n) is 9.66. The van der Waals surface area contributed by atoms with Crippen LogP contribution in [0.3, 0.4) is 0 Å². The summed E-state index contributed by atoms with van der Waals surface area (Å²) in [5, 5.41) is 1.31. The SMILES string of the molecule is Nc1cccc2c1CN(c1cc(Cl)cc(Cl)c1)C2. The Hall–Kier alpha value is -1.38. The molecule has 0 aliphatic carbocycles. The van der Waals surface area contributed by atoms with Gasteiger partial charge in [-0.1, -0.05) is 35.3 Å². The Kier molecular flexibility index (Phi) is 2.84. The Bertz CT molecular complexity index is 590. The third-order valence-electron chi connectivity index (χ3n) is 3.23. The van der Waals surface area contributed by atoms with E-state index in [1.165, 1.54) is 11.1 Å². The van der Waals surface area contributed by atoms with E-state index in [2.05, 4.69) is 11.0 Å². The van der Waals surface area contributed by atoms with Gasteiger partial charge in [0.15, 0.2) is 0 Å². The highest BCUT2D eigenvalue weighted by atomic mass is 35.5. The van der Waals surface area contributed by atoms with Crippen molar-refractivity contribution >= 4 is 34.6 Å². The second-order valence-electron chi connectivity index (χ2n) is 4.47. The molecule has 0 fully saturated rings. The molecule has 0 spiro atoms. The fourth-order valence-corrected chi connectivity index (χ4v) is 2.87. The number of nitrogen functional groups attached to an aromatic ring is 1. The molecule has 1 aliphatic rings. The Labute approximate surface area is 116 Å². The predicted octanol–water partition coefficient (Wildman–Crippen LogP) is 4.10. The van der Waals surface area contributed by atoms with Crippen molar-refractivity contribution in [3.05, 3.63) is 57.6 Å². The van der Waals surface area contributed by atoms with Crippen LogP contribution in [0.5, 0.6) is 0 Å². The highest BCUT2D eigenvalue weighted by Crippen LogP contribution is 2.34. The van der Waals surface area contributed by atoms with E-state index in [9.17, 15) is 0 Å². The van der Waals surface area contributed by atoms with E-state index in [0.717, 1.165) is 24.5 Å². The average Bonchev–Trinajstić information content (AvgIpc) is 2.73. The smallest absolute Gasteiger partial charge is 0.0457 e. The van der Waals surface area contributed by atoms with E-state index in [1.807, 2.05) is 24.3 Å². The number of hydrogen-bond acceptors (Lipinski definition) is 2. The summed E-state index contributed by atoms with van der Waals surface area (Å²) in [5.41, 5.74) is 10.3. The molecule has 1 aliphatic heterocycles. The molecule has 2 nitrogen and oxygen atoms in total. The summed E-state index contributed by atoms with van der Waals surface area (Å²) in [6, 6.07) is 11.6. The molecule has 0 atom stereocenters. The maximum atomic E-state index is 6.04. The summed E-state index contributed by atoms with van der Waals surface area (Å²) in [4.78, 5) is 2.22. The molecule has 0 amide bonds. The molecule has 0 unspecified atom stereocenters. The topological polar surface area (TPSA) is 29.3 Å². The monoisotopic (exact) mass is 278 g/mol. The fraction of sp³-hybridized carbons (Fsp3) is 0.143. The molecule has 4 heteroatoms. The van der Waals surface area contributed by atoms with Gasteiger partial charge >= 0.3 is 0 Å². The van der Waals surface area contributed by atoms with Crippen molar-refractivity contribution in [2.24, 2.45) is 0 Å². The van der Waals surface area contributed by atoms with Crippen LogP contribution in [0.4, 0.5) is 11.4 Å². The minimum absolute atomic E-state index is 0.654. The quantitative estimate of drug-likeness (QED) is 0.796. The lowest BCUT2D eigenvalue weighted by atomic mass is 10.1. The van der Waals surface area contributed by atoms with Gasteiger partial charge in [0, 0.05) is 34.5 Å². The minimum Gasteiger partial charge on any atom is -0.398 e. The van der Waals surface area contributed by atoms with E-state index in [1.54, 1.807) is 6.07 Å². The van der Waals surface area contributed by atoms with Crippen molar-refractivity contribution in [2.75, 3.05) is 10.6 Å². The molecule has 0 saturated carbocycles. The van der Waals surface area contributed by atoms with Gasteiger partial charge in [-0.3, -0.25) is 0 Å². The van der Waals surface area contributed by atoms with Gasteiger partial charge < -0.3 is 10.6 Å². The second-order valence-corrected chi connectivity index (χ2v) is 5.34. The molecule has 2 aromatic carbocycles. The normalized spacial score (nSPS) is 13.8. The zero-order valence-corrected chi connectivity index (χ0v) is 11.2. The van der Waals surface area contributed by atoms with Gasteiger partial charge in [-0.2, -0.15) is 0 Å². The predicted molar refractivity (Wildman–Crippen MR) is 77.2 cm³/mol. The van der Waals surface area contributed by atoms with Crippen molar-refractivity contribution in [1.82, 2.24) is 0 Å². The van der Waals surface area contributed by atoms with Gasteiger partial charge in [0.05, 0.1) is 0 Å². The average molecular weight is 279 g/mol. The number of benzene rings is 2.